The molecule has 0 atom stereocenters. The second kappa shape index (κ2) is 2.85. The lowest BCUT2D eigenvalue weighted by atomic mass is 10.0. The van der Waals surface area contributed by atoms with Crippen molar-refractivity contribution in [3.63, 3.8) is 0 Å². The number of hydrogen-bond acceptors (Lipinski definition) is 0. The number of benzene rings is 3. The normalized spacial score (nSPS) is 10.9. The molecular weight excluding hydrogens is 168 g/mol. The minimum Gasteiger partial charge on any atom is -0.0616 e. The van der Waals surface area contributed by atoms with E-state index in [-0.39, 0.29) is 0 Å². The fraction of sp³-hybridized carbons (Fsp3) is 0. The molecule has 0 bridgehead atoms. The lowest BCUT2D eigenvalue weighted by Gasteiger charge is -1.99. The van der Waals surface area contributed by atoms with Gasteiger partial charge in [-0.2, -0.15) is 0 Å². The Morgan fingerprint density at radius 3 is 2.79 bits per heavy atom. The fourth-order valence-electron chi connectivity index (χ4n) is 1.66. The summed E-state index contributed by atoms with van der Waals surface area (Å²) in [5.41, 5.74) is 0. The fourth-order valence-corrected chi connectivity index (χ4v) is 1.66. The molecule has 0 saturated carbocycles. The van der Waals surface area contributed by atoms with Crippen LogP contribution in [-0.4, -0.2) is 0 Å². The second-order valence-electron chi connectivity index (χ2n) is 3.29. The summed E-state index contributed by atoms with van der Waals surface area (Å²) in [6.07, 6.45) is 0. The van der Waals surface area contributed by atoms with Crippen molar-refractivity contribution in [3.8, 4) is 0 Å². The van der Waals surface area contributed by atoms with Crippen molar-refractivity contribution in [3.05, 3.63) is 60.7 Å². The van der Waals surface area contributed by atoms with Gasteiger partial charge in [0.2, 0.25) is 0 Å². The van der Waals surface area contributed by atoms with Crippen LogP contribution in [0.5, 0.6) is 0 Å². The summed E-state index contributed by atoms with van der Waals surface area (Å²) < 4.78 is 0. The van der Waals surface area contributed by atoms with Crippen LogP contribution >= 0.6 is 0 Å². The number of fused-ring (bicyclic) bond motifs is 2. The van der Waals surface area contributed by atoms with Crippen LogP contribution in [0.25, 0.3) is 21.5 Å². The summed E-state index contributed by atoms with van der Waals surface area (Å²) in [7, 11) is 0. The van der Waals surface area contributed by atoms with Crippen molar-refractivity contribution in [1.82, 2.24) is 0 Å². The average Bonchev–Trinajstić information content (AvgIpc) is 2.26. The summed E-state index contributed by atoms with van der Waals surface area (Å²) in [5.74, 6) is 0. The summed E-state index contributed by atoms with van der Waals surface area (Å²) in [6.45, 7) is 0. The minimum atomic E-state index is 1.08. The van der Waals surface area contributed by atoms with Crippen molar-refractivity contribution in [2.45, 2.75) is 0 Å². The molecule has 0 spiro atoms. The van der Waals surface area contributed by atoms with E-state index in [2.05, 4.69) is 36.4 Å². The Balaban J connectivity index is 2.52. The van der Waals surface area contributed by atoms with Crippen LogP contribution in [0.2, 0.25) is 0 Å². The molecule has 0 amide bonds. The SMILES string of the molecule is [c]1[c]c2cc3ccccc3[c]c2cc1. The zero-order chi connectivity index (χ0) is 9.38. The Morgan fingerprint density at radius 1 is 0.857 bits per heavy atom. The molecule has 0 aromatic heterocycles. The molecule has 0 aliphatic heterocycles. The predicted octanol–water partition coefficient (Wildman–Crippen LogP) is 3.39. The van der Waals surface area contributed by atoms with E-state index in [0.717, 1.165) is 16.2 Å². The van der Waals surface area contributed by atoms with Crippen molar-refractivity contribution >= 4 is 21.5 Å². The molecule has 0 fully saturated rings. The Hall–Kier alpha value is -1.82. The third kappa shape index (κ3) is 1.08. The topological polar surface area (TPSA) is 0 Å². The van der Waals surface area contributed by atoms with E-state index in [0.29, 0.717) is 0 Å². The molecular formula is C14H7. The Bertz CT molecular complexity index is 489. The molecule has 0 N–H and O–H groups in total. The molecule has 14 heavy (non-hydrogen) atoms. The molecule has 3 radical (unpaired) electrons. The van der Waals surface area contributed by atoms with Gasteiger partial charge in [0.05, 0.1) is 0 Å². The van der Waals surface area contributed by atoms with Crippen molar-refractivity contribution in [1.29, 1.82) is 0 Å². The lowest BCUT2D eigenvalue weighted by molar-refractivity contribution is 1.74. The van der Waals surface area contributed by atoms with Crippen molar-refractivity contribution < 1.29 is 0 Å². The van der Waals surface area contributed by atoms with Gasteiger partial charge in [-0.1, -0.05) is 36.4 Å². The second-order valence-corrected chi connectivity index (χ2v) is 3.29. The minimum absolute atomic E-state index is 1.08. The highest BCUT2D eigenvalue weighted by atomic mass is 14.0. The maximum atomic E-state index is 3.36. The first-order valence-electron chi connectivity index (χ1n) is 4.57. The van der Waals surface area contributed by atoms with Crippen LogP contribution in [0, 0.1) is 18.2 Å². The number of hydrogen-bond donors (Lipinski definition) is 0. The maximum absolute atomic E-state index is 3.36. The maximum Gasteiger partial charge on any atom is -0.00137 e. The van der Waals surface area contributed by atoms with Crippen LogP contribution in [0.3, 0.4) is 0 Å². The van der Waals surface area contributed by atoms with Gasteiger partial charge in [0.15, 0.2) is 0 Å². The smallest absolute Gasteiger partial charge is 0.00137 e. The van der Waals surface area contributed by atoms with Gasteiger partial charge < -0.3 is 0 Å². The Labute approximate surface area is 82.8 Å². The monoisotopic (exact) mass is 175 g/mol. The molecule has 3 aromatic carbocycles. The first kappa shape index (κ1) is 7.57. The molecule has 0 heterocycles. The van der Waals surface area contributed by atoms with E-state index in [1.807, 2.05) is 24.3 Å². The van der Waals surface area contributed by atoms with Gasteiger partial charge in [0.25, 0.3) is 0 Å². The van der Waals surface area contributed by atoms with Crippen LogP contribution < -0.4 is 0 Å². The molecule has 0 saturated heterocycles. The van der Waals surface area contributed by atoms with Crippen LogP contribution in [0.4, 0.5) is 0 Å². The standard InChI is InChI=1S/C14H7/c1-2-6-12-10-14-8-4-3-7-13(14)9-11(12)5-1/h1-3,5-7,10H. The first-order valence-corrected chi connectivity index (χ1v) is 4.57. The molecule has 0 heteroatoms. The average molecular weight is 175 g/mol. The lowest BCUT2D eigenvalue weighted by Crippen LogP contribution is -1.75. The van der Waals surface area contributed by atoms with Gasteiger partial charge >= 0.3 is 0 Å². The molecule has 3 aromatic rings. The van der Waals surface area contributed by atoms with E-state index in [1.165, 1.54) is 5.39 Å². The Morgan fingerprint density at radius 2 is 1.79 bits per heavy atom. The Kier molecular flexibility index (Phi) is 1.54. The van der Waals surface area contributed by atoms with Gasteiger partial charge in [-0.25, -0.2) is 0 Å². The van der Waals surface area contributed by atoms with E-state index < -0.39 is 0 Å². The van der Waals surface area contributed by atoms with E-state index in [4.69, 9.17) is 0 Å². The summed E-state index contributed by atoms with van der Waals surface area (Å²) >= 11 is 0. The largest absolute Gasteiger partial charge is 0.0616 e. The van der Waals surface area contributed by atoms with E-state index in [9.17, 15) is 0 Å². The molecule has 0 nitrogen and oxygen atoms in total. The van der Waals surface area contributed by atoms with Gasteiger partial charge in [0, 0.05) is 0 Å². The van der Waals surface area contributed by atoms with Gasteiger partial charge in [0.1, 0.15) is 0 Å². The van der Waals surface area contributed by atoms with E-state index in [1.54, 1.807) is 0 Å². The molecule has 63 valence electrons. The highest BCUT2D eigenvalue weighted by Crippen LogP contribution is 2.20. The highest BCUT2D eigenvalue weighted by Gasteiger charge is 1.96. The van der Waals surface area contributed by atoms with Crippen molar-refractivity contribution in [2.24, 2.45) is 0 Å². The van der Waals surface area contributed by atoms with Crippen molar-refractivity contribution in [2.75, 3.05) is 0 Å². The molecule has 0 aliphatic carbocycles. The first-order chi connectivity index (χ1) is 6.93. The zero-order valence-electron chi connectivity index (χ0n) is 7.54. The van der Waals surface area contributed by atoms with Gasteiger partial charge in [-0.3, -0.25) is 0 Å². The summed E-state index contributed by atoms with van der Waals surface area (Å²) in [4.78, 5) is 0. The molecule has 0 aliphatic rings. The third-order valence-corrected chi connectivity index (χ3v) is 2.36. The van der Waals surface area contributed by atoms with Crippen LogP contribution in [0.1, 0.15) is 0 Å². The van der Waals surface area contributed by atoms with Crippen LogP contribution in [0.15, 0.2) is 42.5 Å². The number of rotatable bonds is 0. The quantitative estimate of drug-likeness (QED) is 0.459. The van der Waals surface area contributed by atoms with Crippen LogP contribution in [-0.2, 0) is 0 Å². The van der Waals surface area contributed by atoms with Gasteiger partial charge in [-0.15, -0.1) is 0 Å². The van der Waals surface area contributed by atoms with Gasteiger partial charge in [-0.05, 0) is 45.8 Å². The highest BCUT2D eigenvalue weighted by molar-refractivity contribution is 5.96. The third-order valence-electron chi connectivity index (χ3n) is 2.36. The molecule has 3 rings (SSSR count). The summed E-state index contributed by atoms with van der Waals surface area (Å²) in [5, 5.41) is 4.53. The molecule has 0 unspecified atom stereocenters. The predicted molar refractivity (Wildman–Crippen MR) is 58.0 cm³/mol. The van der Waals surface area contributed by atoms with E-state index >= 15 is 0 Å². The summed E-state index contributed by atoms with van der Waals surface area (Å²) in [6, 6.07) is 23.6. The zero-order valence-corrected chi connectivity index (χ0v) is 7.54.